The lowest BCUT2D eigenvalue weighted by Gasteiger charge is -2.11. The van der Waals surface area contributed by atoms with E-state index in [9.17, 15) is 14.4 Å². The minimum absolute atomic E-state index is 0.276. The maximum atomic E-state index is 12.7. The van der Waals surface area contributed by atoms with Crippen LogP contribution in [0.3, 0.4) is 0 Å². The Labute approximate surface area is 132 Å². The SMILES string of the molecule is O=C(c1ccccc1)N1C(=O)c2ccc3ccccc3c2C1=O. The summed E-state index contributed by atoms with van der Waals surface area (Å²) in [6.45, 7) is 0. The van der Waals surface area contributed by atoms with Gasteiger partial charge < -0.3 is 0 Å². The van der Waals surface area contributed by atoms with E-state index >= 15 is 0 Å². The van der Waals surface area contributed by atoms with Gasteiger partial charge in [-0.1, -0.05) is 48.5 Å². The van der Waals surface area contributed by atoms with Gasteiger partial charge in [0.05, 0.1) is 11.1 Å². The summed E-state index contributed by atoms with van der Waals surface area (Å²) in [6.07, 6.45) is 0. The molecule has 1 heterocycles. The maximum Gasteiger partial charge on any atom is 0.269 e. The number of hydrogen-bond acceptors (Lipinski definition) is 3. The first kappa shape index (κ1) is 13.4. The third-order valence-corrected chi connectivity index (χ3v) is 4.00. The van der Waals surface area contributed by atoms with Gasteiger partial charge in [-0.05, 0) is 29.0 Å². The van der Waals surface area contributed by atoms with Crippen LogP contribution in [0, 0.1) is 0 Å². The fourth-order valence-electron chi connectivity index (χ4n) is 2.90. The second-order valence-electron chi connectivity index (χ2n) is 5.33. The van der Waals surface area contributed by atoms with E-state index < -0.39 is 17.7 Å². The Morgan fingerprint density at radius 2 is 1.43 bits per heavy atom. The summed E-state index contributed by atoms with van der Waals surface area (Å²) in [5.74, 6) is -1.72. The van der Waals surface area contributed by atoms with Crippen LogP contribution in [0.15, 0.2) is 66.7 Å². The van der Waals surface area contributed by atoms with Crippen molar-refractivity contribution in [1.82, 2.24) is 4.90 Å². The predicted molar refractivity (Wildman–Crippen MR) is 85.2 cm³/mol. The highest BCUT2D eigenvalue weighted by molar-refractivity contribution is 6.34. The van der Waals surface area contributed by atoms with E-state index in [0.29, 0.717) is 16.5 Å². The number of rotatable bonds is 1. The molecule has 4 heteroatoms. The zero-order valence-electron chi connectivity index (χ0n) is 12.0. The molecule has 4 rings (SSSR count). The summed E-state index contributed by atoms with van der Waals surface area (Å²) >= 11 is 0. The minimum Gasteiger partial charge on any atom is -0.268 e. The molecule has 4 nitrogen and oxygen atoms in total. The van der Waals surface area contributed by atoms with Crippen molar-refractivity contribution in [3.05, 3.63) is 83.4 Å². The van der Waals surface area contributed by atoms with Gasteiger partial charge >= 0.3 is 0 Å². The zero-order valence-corrected chi connectivity index (χ0v) is 12.0. The average Bonchev–Trinajstić information content (AvgIpc) is 2.86. The second-order valence-corrected chi connectivity index (χ2v) is 5.33. The molecule has 0 aliphatic carbocycles. The third kappa shape index (κ3) is 1.89. The van der Waals surface area contributed by atoms with Gasteiger partial charge in [0.2, 0.25) is 0 Å². The summed E-state index contributed by atoms with van der Waals surface area (Å²) < 4.78 is 0. The van der Waals surface area contributed by atoms with Gasteiger partial charge in [-0.2, -0.15) is 0 Å². The maximum absolute atomic E-state index is 12.7. The normalized spacial score (nSPS) is 13.5. The van der Waals surface area contributed by atoms with Gasteiger partial charge in [0.25, 0.3) is 17.7 Å². The van der Waals surface area contributed by atoms with Gasteiger partial charge in [0, 0.05) is 5.56 Å². The molecule has 23 heavy (non-hydrogen) atoms. The van der Waals surface area contributed by atoms with Gasteiger partial charge in [-0.3, -0.25) is 14.4 Å². The lowest BCUT2D eigenvalue weighted by atomic mass is 10.0. The van der Waals surface area contributed by atoms with E-state index in [2.05, 4.69) is 0 Å². The highest BCUT2D eigenvalue weighted by Gasteiger charge is 2.41. The molecule has 110 valence electrons. The summed E-state index contributed by atoms with van der Waals surface area (Å²) in [5, 5.41) is 1.55. The zero-order chi connectivity index (χ0) is 16.0. The summed E-state index contributed by atoms with van der Waals surface area (Å²) in [6, 6.07) is 19.1. The largest absolute Gasteiger partial charge is 0.269 e. The van der Waals surface area contributed by atoms with Crippen molar-refractivity contribution in [1.29, 1.82) is 0 Å². The Bertz CT molecular complexity index is 976. The molecule has 3 amide bonds. The van der Waals surface area contributed by atoms with Gasteiger partial charge in [-0.15, -0.1) is 0 Å². The highest BCUT2D eigenvalue weighted by atomic mass is 16.2. The molecule has 0 spiro atoms. The topological polar surface area (TPSA) is 54.5 Å². The lowest BCUT2D eigenvalue weighted by molar-refractivity contribution is 0.0566. The van der Waals surface area contributed by atoms with E-state index in [-0.39, 0.29) is 5.56 Å². The number of imide groups is 3. The van der Waals surface area contributed by atoms with Crippen LogP contribution in [-0.2, 0) is 0 Å². The first-order chi connectivity index (χ1) is 11.2. The molecular formula is C19H11NO3. The molecule has 1 aliphatic rings. The van der Waals surface area contributed by atoms with Crippen LogP contribution < -0.4 is 0 Å². The smallest absolute Gasteiger partial charge is 0.268 e. The Morgan fingerprint density at radius 3 is 2.22 bits per heavy atom. The van der Waals surface area contributed by atoms with Crippen molar-refractivity contribution in [2.75, 3.05) is 0 Å². The molecule has 0 bridgehead atoms. The van der Waals surface area contributed by atoms with E-state index in [1.807, 2.05) is 18.2 Å². The quantitative estimate of drug-likeness (QED) is 0.648. The van der Waals surface area contributed by atoms with Crippen LogP contribution in [0.1, 0.15) is 31.1 Å². The molecule has 1 aliphatic heterocycles. The van der Waals surface area contributed by atoms with Crippen molar-refractivity contribution in [3.63, 3.8) is 0 Å². The van der Waals surface area contributed by atoms with Gasteiger partial charge in [-0.25, -0.2) is 4.90 Å². The van der Waals surface area contributed by atoms with Crippen LogP contribution in [0.5, 0.6) is 0 Å². The first-order valence-corrected chi connectivity index (χ1v) is 7.18. The fraction of sp³-hybridized carbons (Fsp3) is 0. The first-order valence-electron chi connectivity index (χ1n) is 7.18. The van der Waals surface area contributed by atoms with Crippen molar-refractivity contribution in [2.45, 2.75) is 0 Å². The van der Waals surface area contributed by atoms with Crippen LogP contribution in [0.4, 0.5) is 0 Å². The van der Waals surface area contributed by atoms with Crippen molar-refractivity contribution in [2.24, 2.45) is 0 Å². The number of benzene rings is 3. The molecule has 0 radical (unpaired) electrons. The molecule has 0 saturated heterocycles. The number of hydrogen-bond donors (Lipinski definition) is 0. The molecule has 3 aromatic carbocycles. The molecule has 0 atom stereocenters. The number of amides is 3. The molecule has 0 N–H and O–H groups in total. The van der Waals surface area contributed by atoms with Gasteiger partial charge in [0.1, 0.15) is 0 Å². The van der Waals surface area contributed by atoms with Crippen LogP contribution in [0.25, 0.3) is 10.8 Å². The fourth-order valence-corrected chi connectivity index (χ4v) is 2.90. The summed E-state index contributed by atoms with van der Waals surface area (Å²) in [7, 11) is 0. The van der Waals surface area contributed by atoms with Crippen LogP contribution in [-0.4, -0.2) is 22.6 Å². The number of carbonyl (C=O) groups is 3. The standard InChI is InChI=1S/C19H11NO3/c21-17(13-7-2-1-3-8-13)20-18(22)15-11-10-12-6-4-5-9-14(12)16(15)19(20)23/h1-11H. The van der Waals surface area contributed by atoms with Crippen molar-refractivity contribution >= 4 is 28.5 Å². The van der Waals surface area contributed by atoms with E-state index in [4.69, 9.17) is 0 Å². The molecule has 0 fully saturated rings. The number of carbonyl (C=O) groups excluding carboxylic acids is 3. The lowest BCUT2D eigenvalue weighted by Crippen LogP contribution is -2.36. The highest BCUT2D eigenvalue weighted by Crippen LogP contribution is 2.31. The number of fused-ring (bicyclic) bond motifs is 3. The van der Waals surface area contributed by atoms with E-state index in [0.717, 1.165) is 10.3 Å². The summed E-state index contributed by atoms with van der Waals surface area (Å²) in [4.78, 5) is 38.6. The molecule has 0 unspecified atom stereocenters. The molecule has 0 saturated carbocycles. The number of nitrogens with zero attached hydrogens (tertiary/aromatic N) is 1. The Balaban J connectivity index is 1.87. The Kier molecular flexibility index (Phi) is 2.84. The van der Waals surface area contributed by atoms with Gasteiger partial charge in [0.15, 0.2) is 0 Å². The predicted octanol–water partition coefficient (Wildman–Crippen LogP) is 3.28. The van der Waals surface area contributed by atoms with Crippen molar-refractivity contribution < 1.29 is 14.4 Å². The van der Waals surface area contributed by atoms with Crippen molar-refractivity contribution in [3.8, 4) is 0 Å². The monoisotopic (exact) mass is 301 g/mol. The Hall–Kier alpha value is -3.27. The van der Waals surface area contributed by atoms with E-state index in [1.165, 1.54) is 0 Å². The average molecular weight is 301 g/mol. The summed E-state index contributed by atoms with van der Waals surface area (Å²) in [5.41, 5.74) is 0.890. The minimum atomic E-state index is -0.596. The van der Waals surface area contributed by atoms with Crippen LogP contribution >= 0.6 is 0 Å². The molecule has 3 aromatic rings. The molecule has 0 aromatic heterocycles. The van der Waals surface area contributed by atoms with Crippen LogP contribution in [0.2, 0.25) is 0 Å². The molecular weight excluding hydrogens is 290 g/mol. The second kappa shape index (κ2) is 4.88. The van der Waals surface area contributed by atoms with E-state index in [1.54, 1.807) is 48.5 Å². The third-order valence-electron chi connectivity index (χ3n) is 4.00. The Morgan fingerprint density at radius 1 is 0.739 bits per heavy atom.